The van der Waals surface area contributed by atoms with Crippen LogP contribution in [0, 0.1) is 0 Å². The Morgan fingerprint density at radius 1 is 1.19 bits per heavy atom. The van der Waals surface area contributed by atoms with Crippen LogP contribution in [0.3, 0.4) is 0 Å². The number of benzene rings is 1. The molecule has 2 heterocycles. The average molecular weight is 286 g/mol. The number of carbonyl (C=O) groups excluding carboxylic acids is 2. The summed E-state index contributed by atoms with van der Waals surface area (Å²) < 4.78 is 15.4. The van der Waals surface area contributed by atoms with Crippen LogP contribution >= 0.6 is 0 Å². The Bertz CT molecular complexity index is 629. The topological polar surface area (TPSA) is 61.8 Å². The van der Waals surface area contributed by atoms with Crippen molar-refractivity contribution in [3.05, 3.63) is 59.4 Å². The highest BCUT2D eigenvalue weighted by molar-refractivity contribution is 5.92. The van der Waals surface area contributed by atoms with Crippen LogP contribution in [0.1, 0.15) is 18.4 Å². The molecule has 0 N–H and O–H groups in total. The molecule has 1 aromatic rings. The summed E-state index contributed by atoms with van der Waals surface area (Å²) in [5, 5.41) is 0. The molecule has 0 bridgehead atoms. The largest absolute Gasteiger partial charge is 0.461 e. The van der Waals surface area contributed by atoms with E-state index in [1.807, 2.05) is 30.3 Å². The van der Waals surface area contributed by atoms with Gasteiger partial charge in [-0.1, -0.05) is 30.3 Å². The maximum Gasteiger partial charge on any atom is 0.337 e. The summed E-state index contributed by atoms with van der Waals surface area (Å²) in [4.78, 5) is 23.0. The predicted molar refractivity (Wildman–Crippen MR) is 72.9 cm³/mol. The summed E-state index contributed by atoms with van der Waals surface area (Å²) in [7, 11) is 0. The zero-order valence-electron chi connectivity index (χ0n) is 11.4. The van der Waals surface area contributed by atoms with Crippen LogP contribution in [0.15, 0.2) is 53.8 Å². The van der Waals surface area contributed by atoms with E-state index in [1.165, 1.54) is 6.26 Å². The van der Waals surface area contributed by atoms with Crippen molar-refractivity contribution >= 4 is 11.9 Å². The minimum absolute atomic E-state index is 0.166. The van der Waals surface area contributed by atoms with Crippen LogP contribution in [-0.2, 0) is 23.8 Å². The van der Waals surface area contributed by atoms with E-state index in [9.17, 15) is 9.59 Å². The Hall–Kier alpha value is -2.56. The number of cyclic esters (lactones) is 2. The minimum atomic E-state index is -0.783. The van der Waals surface area contributed by atoms with E-state index in [0.29, 0.717) is 11.1 Å². The van der Waals surface area contributed by atoms with Gasteiger partial charge in [0.05, 0.1) is 17.8 Å². The summed E-state index contributed by atoms with van der Waals surface area (Å²) in [5.74, 6) is -0.984. The first-order chi connectivity index (χ1) is 10.1. The molecule has 0 aromatic heterocycles. The first-order valence-corrected chi connectivity index (χ1v) is 6.62. The fourth-order valence-corrected chi connectivity index (χ4v) is 2.28. The minimum Gasteiger partial charge on any atom is -0.461 e. The first-order valence-electron chi connectivity index (χ1n) is 6.62. The Morgan fingerprint density at radius 3 is 2.62 bits per heavy atom. The highest BCUT2D eigenvalue weighted by Crippen LogP contribution is 2.31. The zero-order valence-corrected chi connectivity index (χ0v) is 11.4. The molecule has 5 nitrogen and oxygen atoms in total. The number of carbonyl (C=O) groups is 2. The second-order valence-corrected chi connectivity index (χ2v) is 4.89. The van der Waals surface area contributed by atoms with E-state index in [0.717, 1.165) is 5.56 Å². The molecule has 0 saturated carbocycles. The van der Waals surface area contributed by atoms with Gasteiger partial charge in [-0.05, 0) is 12.5 Å². The van der Waals surface area contributed by atoms with Gasteiger partial charge in [0.15, 0.2) is 0 Å². The van der Waals surface area contributed by atoms with Gasteiger partial charge in [-0.15, -0.1) is 0 Å². The summed E-state index contributed by atoms with van der Waals surface area (Å²) in [6.07, 6.45) is 2.12. The molecule has 1 aromatic carbocycles. The molecular formula is C16H14O5. The van der Waals surface area contributed by atoms with E-state index >= 15 is 0 Å². The van der Waals surface area contributed by atoms with Gasteiger partial charge in [0.25, 0.3) is 6.29 Å². The average Bonchev–Trinajstić information content (AvgIpc) is 3.01. The Labute approximate surface area is 121 Å². The third kappa shape index (κ3) is 2.67. The lowest BCUT2D eigenvalue weighted by molar-refractivity contribution is -0.152. The van der Waals surface area contributed by atoms with Crippen LogP contribution in [0.4, 0.5) is 0 Å². The van der Waals surface area contributed by atoms with Crippen LogP contribution in [0.2, 0.25) is 0 Å². The maximum absolute atomic E-state index is 11.8. The first kappa shape index (κ1) is 13.4. The predicted octanol–water partition coefficient (Wildman–Crippen LogP) is 2.06. The number of hydrogen-bond acceptors (Lipinski definition) is 5. The van der Waals surface area contributed by atoms with Gasteiger partial charge in [0.1, 0.15) is 6.61 Å². The van der Waals surface area contributed by atoms with Gasteiger partial charge in [0, 0.05) is 11.6 Å². The van der Waals surface area contributed by atoms with E-state index in [2.05, 4.69) is 0 Å². The van der Waals surface area contributed by atoms with Gasteiger partial charge < -0.3 is 14.2 Å². The summed E-state index contributed by atoms with van der Waals surface area (Å²) in [6, 6.07) is 9.58. The third-order valence-electron chi connectivity index (χ3n) is 3.45. The number of hydrogen-bond donors (Lipinski definition) is 0. The quantitative estimate of drug-likeness (QED) is 0.483. The van der Waals surface area contributed by atoms with Crippen molar-refractivity contribution in [2.45, 2.75) is 19.1 Å². The molecule has 0 aliphatic carbocycles. The molecule has 5 heteroatoms. The maximum atomic E-state index is 11.8. The molecule has 1 fully saturated rings. The Balaban J connectivity index is 1.77. The van der Waals surface area contributed by atoms with Crippen LogP contribution < -0.4 is 0 Å². The Morgan fingerprint density at radius 2 is 1.95 bits per heavy atom. The van der Waals surface area contributed by atoms with Crippen molar-refractivity contribution in [1.82, 2.24) is 0 Å². The lowest BCUT2D eigenvalue weighted by Crippen LogP contribution is -2.11. The van der Waals surface area contributed by atoms with Crippen LogP contribution in [0.25, 0.3) is 0 Å². The molecule has 2 aliphatic heterocycles. The summed E-state index contributed by atoms with van der Waals surface area (Å²) in [6.45, 7) is 1.94. The van der Waals surface area contributed by atoms with E-state index in [1.54, 1.807) is 13.0 Å². The summed E-state index contributed by atoms with van der Waals surface area (Å²) in [5.41, 5.74) is 1.90. The second-order valence-electron chi connectivity index (χ2n) is 4.89. The number of ether oxygens (including phenoxy) is 3. The third-order valence-corrected chi connectivity index (χ3v) is 3.45. The van der Waals surface area contributed by atoms with Crippen molar-refractivity contribution in [1.29, 1.82) is 0 Å². The van der Waals surface area contributed by atoms with Crippen LogP contribution in [0.5, 0.6) is 0 Å². The fraction of sp³-hybridized carbons (Fsp3) is 0.250. The monoisotopic (exact) mass is 286 g/mol. The fourth-order valence-electron chi connectivity index (χ4n) is 2.28. The molecule has 2 atom stereocenters. The molecule has 0 unspecified atom stereocenters. The molecule has 0 amide bonds. The molecule has 21 heavy (non-hydrogen) atoms. The molecular weight excluding hydrogens is 272 g/mol. The molecule has 1 saturated heterocycles. The van der Waals surface area contributed by atoms with E-state index in [4.69, 9.17) is 14.2 Å². The molecule has 0 spiro atoms. The van der Waals surface area contributed by atoms with Crippen molar-refractivity contribution in [2.75, 3.05) is 6.61 Å². The highest BCUT2D eigenvalue weighted by Gasteiger charge is 2.33. The van der Waals surface area contributed by atoms with E-state index < -0.39 is 18.2 Å². The highest BCUT2D eigenvalue weighted by atomic mass is 16.7. The van der Waals surface area contributed by atoms with Crippen molar-refractivity contribution in [3.63, 3.8) is 0 Å². The molecule has 2 aliphatic rings. The number of esters is 2. The molecule has 0 radical (unpaired) electrons. The molecule has 3 rings (SSSR count). The van der Waals surface area contributed by atoms with Gasteiger partial charge in [0.2, 0.25) is 0 Å². The van der Waals surface area contributed by atoms with Crippen molar-refractivity contribution in [3.8, 4) is 0 Å². The molecule has 108 valence electrons. The van der Waals surface area contributed by atoms with Gasteiger partial charge >= 0.3 is 11.9 Å². The van der Waals surface area contributed by atoms with Crippen LogP contribution in [-0.4, -0.2) is 24.8 Å². The second kappa shape index (κ2) is 5.44. The Kier molecular flexibility index (Phi) is 3.48. The lowest BCUT2D eigenvalue weighted by atomic mass is 9.94. The van der Waals surface area contributed by atoms with Crippen molar-refractivity contribution < 1.29 is 23.8 Å². The van der Waals surface area contributed by atoms with E-state index in [-0.39, 0.29) is 12.5 Å². The van der Waals surface area contributed by atoms with Gasteiger partial charge in [-0.3, -0.25) is 0 Å². The van der Waals surface area contributed by atoms with Gasteiger partial charge in [-0.25, -0.2) is 9.59 Å². The normalized spacial score (nSPS) is 26.5. The SMILES string of the molecule is CC1=C[C@H](O/C=C2/C(=O)OC[C@H]2c2ccccc2)OC1=O. The lowest BCUT2D eigenvalue weighted by Gasteiger charge is -2.11. The standard InChI is InChI=1S/C16H14O5/c1-10-7-14(21-15(10)17)19-9-13-12(8-20-16(13)18)11-5-3-2-4-6-11/h2-7,9,12,14H,8H2,1H3/b13-9+/t12-,14+/m0/s1. The zero-order chi connectivity index (χ0) is 14.8. The summed E-state index contributed by atoms with van der Waals surface area (Å²) >= 11 is 0. The van der Waals surface area contributed by atoms with Gasteiger partial charge in [-0.2, -0.15) is 0 Å². The smallest absolute Gasteiger partial charge is 0.337 e. The van der Waals surface area contributed by atoms with Crippen molar-refractivity contribution in [2.24, 2.45) is 0 Å². The number of rotatable bonds is 3.